The molecule has 60 valence electrons. The Labute approximate surface area is 73.7 Å². The number of hydrogen-bond donors (Lipinski definition) is 0. The predicted molar refractivity (Wildman–Crippen MR) is 49.1 cm³/mol. The number of hydrogen-bond acceptors (Lipinski definition) is 2. The standard InChI is InChI=1S/C8H13BOS/c1-3-5-6-7(9)10-8(5,2)4-11-6/h5-7H,3-4H2,1-2H3/t5-,6?,7-,8+/m1/s1. The molecule has 2 aliphatic heterocycles. The minimum absolute atomic E-state index is 0.0105. The molecule has 0 saturated carbocycles. The summed E-state index contributed by atoms with van der Waals surface area (Å²) < 4.78 is 5.71. The molecule has 2 aliphatic rings. The molecule has 2 saturated heterocycles. The van der Waals surface area contributed by atoms with Gasteiger partial charge in [0.15, 0.2) is 0 Å². The van der Waals surface area contributed by atoms with Crippen LogP contribution in [0.15, 0.2) is 0 Å². The number of ether oxygens (including phenoxy) is 1. The van der Waals surface area contributed by atoms with E-state index in [-0.39, 0.29) is 11.6 Å². The molecule has 0 aliphatic carbocycles. The number of thioether (sulfide) groups is 1. The molecule has 2 heterocycles. The van der Waals surface area contributed by atoms with Crippen molar-refractivity contribution in [2.45, 2.75) is 37.1 Å². The third-order valence-corrected chi connectivity index (χ3v) is 4.63. The monoisotopic (exact) mass is 168 g/mol. The topological polar surface area (TPSA) is 9.23 Å². The summed E-state index contributed by atoms with van der Waals surface area (Å²) in [7, 11) is 5.83. The lowest BCUT2D eigenvalue weighted by Gasteiger charge is -2.26. The van der Waals surface area contributed by atoms with Gasteiger partial charge >= 0.3 is 0 Å². The van der Waals surface area contributed by atoms with E-state index in [0.29, 0.717) is 11.2 Å². The largest absolute Gasteiger partial charge is 0.380 e. The number of fused-ring (bicyclic) bond motifs is 2. The molecule has 0 aromatic carbocycles. The van der Waals surface area contributed by atoms with Crippen LogP contribution >= 0.6 is 11.8 Å². The summed E-state index contributed by atoms with van der Waals surface area (Å²) >= 11 is 1.98. The van der Waals surface area contributed by atoms with Crippen LogP contribution in [0.25, 0.3) is 0 Å². The van der Waals surface area contributed by atoms with Gasteiger partial charge in [0.2, 0.25) is 0 Å². The summed E-state index contributed by atoms with van der Waals surface area (Å²) in [5, 5.41) is 0.560. The van der Waals surface area contributed by atoms with E-state index >= 15 is 0 Å². The molecule has 2 fully saturated rings. The van der Waals surface area contributed by atoms with Crippen molar-refractivity contribution in [3.8, 4) is 0 Å². The summed E-state index contributed by atoms with van der Waals surface area (Å²) in [6, 6.07) is -0.0105. The van der Waals surface area contributed by atoms with Crippen molar-refractivity contribution in [1.82, 2.24) is 0 Å². The molecule has 1 nitrogen and oxygen atoms in total. The third kappa shape index (κ3) is 0.971. The Morgan fingerprint density at radius 2 is 2.45 bits per heavy atom. The van der Waals surface area contributed by atoms with Crippen molar-refractivity contribution in [3.05, 3.63) is 0 Å². The SMILES string of the molecule is [B][C@@H]1O[C@@]2(C)CSC1[C@H]2CC. The molecule has 0 aromatic heterocycles. The smallest absolute Gasteiger partial charge is 0.110 e. The Kier molecular flexibility index (Phi) is 1.77. The fourth-order valence-corrected chi connectivity index (χ4v) is 4.08. The van der Waals surface area contributed by atoms with Gasteiger partial charge in [0.25, 0.3) is 0 Å². The first-order chi connectivity index (χ1) is 5.17. The third-order valence-electron chi connectivity index (χ3n) is 2.91. The Morgan fingerprint density at radius 3 is 2.73 bits per heavy atom. The number of rotatable bonds is 1. The van der Waals surface area contributed by atoms with E-state index in [4.69, 9.17) is 12.6 Å². The van der Waals surface area contributed by atoms with Crippen LogP contribution in [0.3, 0.4) is 0 Å². The van der Waals surface area contributed by atoms with Crippen molar-refractivity contribution in [2.24, 2.45) is 5.92 Å². The van der Waals surface area contributed by atoms with Crippen LogP contribution in [0.5, 0.6) is 0 Å². The van der Waals surface area contributed by atoms with Crippen LogP contribution < -0.4 is 0 Å². The molecule has 0 aromatic rings. The molecule has 0 spiro atoms. The fourth-order valence-electron chi connectivity index (χ4n) is 2.32. The van der Waals surface area contributed by atoms with E-state index in [9.17, 15) is 0 Å². The Balaban J connectivity index is 2.22. The molecule has 0 amide bonds. The summed E-state index contributed by atoms with van der Waals surface area (Å²) in [5.74, 6) is 1.81. The van der Waals surface area contributed by atoms with E-state index in [1.165, 1.54) is 6.42 Å². The fraction of sp³-hybridized carbons (Fsp3) is 1.00. The minimum Gasteiger partial charge on any atom is -0.380 e. The first kappa shape index (κ1) is 8.00. The van der Waals surface area contributed by atoms with Crippen LogP contribution in [-0.2, 0) is 4.74 Å². The van der Waals surface area contributed by atoms with E-state index < -0.39 is 0 Å². The van der Waals surface area contributed by atoms with Crippen molar-refractivity contribution in [2.75, 3.05) is 5.75 Å². The summed E-state index contributed by atoms with van der Waals surface area (Å²) in [6.45, 7) is 4.42. The molecule has 2 rings (SSSR count). The zero-order chi connectivity index (χ0) is 8.06. The lowest BCUT2D eigenvalue weighted by molar-refractivity contribution is -0.00103. The van der Waals surface area contributed by atoms with E-state index in [2.05, 4.69) is 13.8 Å². The maximum Gasteiger partial charge on any atom is 0.110 e. The maximum absolute atomic E-state index is 5.83. The highest BCUT2D eigenvalue weighted by Gasteiger charge is 2.54. The van der Waals surface area contributed by atoms with E-state index in [0.717, 1.165) is 5.75 Å². The first-order valence-electron chi connectivity index (χ1n) is 4.22. The van der Waals surface area contributed by atoms with Gasteiger partial charge in [-0.25, -0.2) is 0 Å². The van der Waals surface area contributed by atoms with Crippen LogP contribution in [0, 0.1) is 5.92 Å². The summed E-state index contributed by atoms with van der Waals surface area (Å²) in [4.78, 5) is 0. The van der Waals surface area contributed by atoms with Crippen LogP contribution in [-0.4, -0.2) is 30.5 Å². The molecule has 0 N–H and O–H groups in total. The predicted octanol–water partition coefficient (Wildman–Crippen LogP) is 1.41. The zero-order valence-corrected chi connectivity index (χ0v) is 7.86. The Hall–Kier alpha value is 0.375. The van der Waals surface area contributed by atoms with Crippen molar-refractivity contribution >= 4 is 19.6 Å². The van der Waals surface area contributed by atoms with Gasteiger partial charge < -0.3 is 4.74 Å². The molecular formula is C8H13BOS. The quantitative estimate of drug-likeness (QED) is 0.547. The molecule has 2 bridgehead atoms. The van der Waals surface area contributed by atoms with Gasteiger partial charge in [0.1, 0.15) is 7.85 Å². The zero-order valence-electron chi connectivity index (χ0n) is 7.04. The van der Waals surface area contributed by atoms with E-state index in [1.807, 2.05) is 11.8 Å². The highest BCUT2D eigenvalue weighted by molar-refractivity contribution is 8.00. The van der Waals surface area contributed by atoms with Gasteiger partial charge in [-0.2, -0.15) is 11.8 Å². The van der Waals surface area contributed by atoms with Gasteiger partial charge in [-0.3, -0.25) is 0 Å². The maximum atomic E-state index is 5.83. The normalized spacial score (nSPS) is 55.3. The first-order valence-corrected chi connectivity index (χ1v) is 5.27. The Bertz CT molecular complexity index is 175. The van der Waals surface area contributed by atoms with Crippen molar-refractivity contribution in [1.29, 1.82) is 0 Å². The second-order valence-electron chi connectivity index (χ2n) is 3.69. The second kappa shape index (κ2) is 2.43. The molecule has 3 heteroatoms. The highest BCUT2D eigenvalue weighted by atomic mass is 32.2. The van der Waals surface area contributed by atoms with Gasteiger partial charge in [-0.15, -0.1) is 0 Å². The van der Waals surface area contributed by atoms with Gasteiger partial charge in [-0.05, 0) is 13.3 Å². The average molecular weight is 168 g/mol. The van der Waals surface area contributed by atoms with Crippen LogP contribution in [0.1, 0.15) is 20.3 Å². The lowest BCUT2D eigenvalue weighted by atomic mass is 9.84. The molecule has 1 unspecified atom stereocenters. The second-order valence-corrected chi connectivity index (χ2v) is 4.85. The summed E-state index contributed by atoms with van der Waals surface area (Å²) in [6.07, 6.45) is 1.20. The van der Waals surface area contributed by atoms with Crippen molar-refractivity contribution in [3.63, 3.8) is 0 Å². The van der Waals surface area contributed by atoms with Crippen LogP contribution in [0.2, 0.25) is 0 Å². The van der Waals surface area contributed by atoms with Crippen molar-refractivity contribution < 1.29 is 4.74 Å². The summed E-state index contributed by atoms with van der Waals surface area (Å²) in [5.41, 5.74) is 0.0868. The molecule has 11 heavy (non-hydrogen) atoms. The lowest BCUT2D eigenvalue weighted by Crippen LogP contribution is -2.32. The van der Waals surface area contributed by atoms with E-state index in [1.54, 1.807) is 0 Å². The van der Waals surface area contributed by atoms with Crippen LogP contribution in [0.4, 0.5) is 0 Å². The Morgan fingerprint density at radius 1 is 1.73 bits per heavy atom. The van der Waals surface area contributed by atoms with Gasteiger partial charge in [0, 0.05) is 22.9 Å². The van der Waals surface area contributed by atoms with Gasteiger partial charge in [-0.1, -0.05) is 6.92 Å². The molecule has 2 radical (unpaired) electrons. The molecule has 4 atom stereocenters. The molecular weight excluding hydrogens is 155 g/mol. The van der Waals surface area contributed by atoms with Gasteiger partial charge in [0.05, 0.1) is 5.60 Å². The highest BCUT2D eigenvalue weighted by Crippen LogP contribution is 2.51. The minimum atomic E-state index is -0.0105. The average Bonchev–Trinajstić information content (AvgIpc) is 2.36.